The van der Waals surface area contributed by atoms with Crippen molar-refractivity contribution >= 4 is 27.3 Å². The molecular weight excluding hydrogens is 296 g/mol. The number of thiophene rings is 1. The minimum atomic E-state index is -0.329. The first-order chi connectivity index (χ1) is 8.24. The molecule has 1 nitrogen and oxygen atoms in total. The van der Waals surface area contributed by atoms with E-state index in [1.165, 1.54) is 11.1 Å². The number of hydrogen-bond donors (Lipinski definition) is 1. The van der Waals surface area contributed by atoms with E-state index in [-0.39, 0.29) is 6.10 Å². The molecule has 1 aliphatic rings. The van der Waals surface area contributed by atoms with Gasteiger partial charge in [-0.05, 0) is 57.9 Å². The molecule has 0 bridgehead atoms. The van der Waals surface area contributed by atoms with Crippen LogP contribution in [0, 0.1) is 0 Å². The number of aliphatic hydroxyl groups excluding tert-OH is 1. The molecule has 3 heteroatoms. The van der Waals surface area contributed by atoms with Gasteiger partial charge in [0.15, 0.2) is 0 Å². The van der Waals surface area contributed by atoms with Gasteiger partial charge < -0.3 is 5.11 Å². The third-order valence-corrected chi connectivity index (χ3v) is 5.12. The largest absolute Gasteiger partial charge is 0.388 e. The van der Waals surface area contributed by atoms with Gasteiger partial charge in [-0.3, -0.25) is 0 Å². The predicted octanol–water partition coefficient (Wildman–Crippen LogP) is 4.27. The van der Waals surface area contributed by atoms with Crippen molar-refractivity contribution in [3.63, 3.8) is 0 Å². The zero-order valence-electron chi connectivity index (χ0n) is 9.27. The minimum absolute atomic E-state index is 0.329. The minimum Gasteiger partial charge on any atom is -0.388 e. The summed E-state index contributed by atoms with van der Waals surface area (Å²) in [4.78, 5) is 1.06. The van der Waals surface area contributed by atoms with E-state index in [1.807, 2.05) is 12.1 Å². The molecule has 2 unspecified atom stereocenters. The van der Waals surface area contributed by atoms with Crippen molar-refractivity contribution in [1.82, 2.24) is 0 Å². The van der Waals surface area contributed by atoms with Crippen LogP contribution in [0.25, 0.3) is 0 Å². The molecule has 1 aliphatic carbocycles. The number of benzene rings is 1. The average molecular weight is 309 g/mol. The molecule has 0 fully saturated rings. The van der Waals surface area contributed by atoms with Crippen LogP contribution in [0.4, 0.5) is 0 Å². The Balaban J connectivity index is 1.70. The van der Waals surface area contributed by atoms with Crippen molar-refractivity contribution in [2.75, 3.05) is 0 Å². The highest BCUT2D eigenvalue weighted by Crippen LogP contribution is 2.41. The smallest absolute Gasteiger partial charge is 0.0888 e. The Morgan fingerprint density at radius 3 is 2.82 bits per heavy atom. The SMILES string of the molecule is OC(CC1Cc2ccccc21)c1ccc(Br)s1. The molecule has 0 saturated heterocycles. The monoisotopic (exact) mass is 308 g/mol. The summed E-state index contributed by atoms with van der Waals surface area (Å²) in [6.07, 6.45) is 1.62. The van der Waals surface area contributed by atoms with Gasteiger partial charge in [0, 0.05) is 4.88 Å². The van der Waals surface area contributed by atoms with Gasteiger partial charge >= 0.3 is 0 Å². The highest BCUT2D eigenvalue weighted by atomic mass is 79.9. The van der Waals surface area contributed by atoms with E-state index in [0.717, 1.165) is 21.5 Å². The van der Waals surface area contributed by atoms with E-state index >= 15 is 0 Å². The highest BCUT2D eigenvalue weighted by Gasteiger charge is 2.28. The summed E-state index contributed by atoms with van der Waals surface area (Å²) in [5.74, 6) is 0.530. The van der Waals surface area contributed by atoms with E-state index in [1.54, 1.807) is 11.3 Å². The Morgan fingerprint density at radius 1 is 1.29 bits per heavy atom. The van der Waals surface area contributed by atoms with Crippen LogP contribution in [0.5, 0.6) is 0 Å². The molecule has 0 saturated carbocycles. The lowest BCUT2D eigenvalue weighted by atomic mass is 9.75. The summed E-state index contributed by atoms with van der Waals surface area (Å²) in [5, 5.41) is 10.2. The number of halogens is 1. The molecule has 17 heavy (non-hydrogen) atoms. The van der Waals surface area contributed by atoms with Crippen LogP contribution in [0.1, 0.15) is 34.4 Å². The molecule has 1 heterocycles. The molecule has 1 N–H and O–H groups in total. The van der Waals surface area contributed by atoms with Crippen LogP contribution in [0.2, 0.25) is 0 Å². The maximum Gasteiger partial charge on any atom is 0.0888 e. The summed E-state index contributed by atoms with van der Waals surface area (Å²) in [6.45, 7) is 0. The Labute approximate surface area is 113 Å². The van der Waals surface area contributed by atoms with Gasteiger partial charge in [0.2, 0.25) is 0 Å². The maximum absolute atomic E-state index is 10.2. The fourth-order valence-electron chi connectivity index (χ4n) is 2.47. The molecule has 3 rings (SSSR count). The van der Waals surface area contributed by atoms with Gasteiger partial charge in [-0.1, -0.05) is 24.3 Å². The Morgan fingerprint density at radius 2 is 2.12 bits per heavy atom. The molecule has 0 aliphatic heterocycles. The van der Waals surface area contributed by atoms with E-state index in [0.29, 0.717) is 5.92 Å². The van der Waals surface area contributed by atoms with Crippen molar-refractivity contribution < 1.29 is 5.11 Å². The normalized spacial score (nSPS) is 19.5. The number of hydrogen-bond acceptors (Lipinski definition) is 2. The van der Waals surface area contributed by atoms with Gasteiger partial charge in [-0.25, -0.2) is 0 Å². The van der Waals surface area contributed by atoms with Gasteiger partial charge in [0.05, 0.1) is 9.89 Å². The molecule has 0 radical (unpaired) electrons. The van der Waals surface area contributed by atoms with Crippen molar-refractivity contribution in [2.24, 2.45) is 0 Å². The van der Waals surface area contributed by atoms with Gasteiger partial charge in [-0.15, -0.1) is 11.3 Å². The number of aliphatic hydroxyl groups is 1. The summed E-state index contributed by atoms with van der Waals surface area (Å²) in [6, 6.07) is 12.5. The number of rotatable bonds is 3. The van der Waals surface area contributed by atoms with Crippen molar-refractivity contribution in [1.29, 1.82) is 0 Å². The number of fused-ring (bicyclic) bond motifs is 1. The molecule has 88 valence electrons. The zero-order chi connectivity index (χ0) is 11.8. The van der Waals surface area contributed by atoms with Crippen LogP contribution >= 0.6 is 27.3 Å². The van der Waals surface area contributed by atoms with E-state index < -0.39 is 0 Å². The summed E-state index contributed by atoms with van der Waals surface area (Å²) in [5.41, 5.74) is 2.86. The third-order valence-electron chi connectivity index (χ3n) is 3.39. The Hall–Kier alpha value is -0.640. The van der Waals surface area contributed by atoms with E-state index in [4.69, 9.17) is 0 Å². The third kappa shape index (κ3) is 2.19. The van der Waals surface area contributed by atoms with Gasteiger partial charge in [0.1, 0.15) is 0 Å². The van der Waals surface area contributed by atoms with Crippen molar-refractivity contribution in [3.05, 3.63) is 56.2 Å². The lowest BCUT2D eigenvalue weighted by Crippen LogP contribution is -2.19. The van der Waals surface area contributed by atoms with Crippen LogP contribution in [-0.4, -0.2) is 5.11 Å². The predicted molar refractivity (Wildman–Crippen MR) is 74.5 cm³/mol. The molecule has 0 spiro atoms. The van der Waals surface area contributed by atoms with Crippen LogP contribution in [0.3, 0.4) is 0 Å². The molecule has 2 atom stereocenters. The molecule has 0 amide bonds. The van der Waals surface area contributed by atoms with E-state index in [9.17, 15) is 5.11 Å². The first kappa shape index (κ1) is 11.5. The molecule has 1 aromatic carbocycles. The lowest BCUT2D eigenvalue weighted by Gasteiger charge is -2.31. The highest BCUT2D eigenvalue weighted by molar-refractivity contribution is 9.11. The van der Waals surface area contributed by atoms with E-state index in [2.05, 4.69) is 40.2 Å². The molecule has 2 aromatic rings. The standard InChI is InChI=1S/C14H13BrOS/c15-14-6-5-13(17-14)12(16)8-10-7-9-3-1-2-4-11(9)10/h1-6,10,12,16H,7-8H2. The first-order valence-electron chi connectivity index (χ1n) is 5.75. The van der Waals surface area contributed by atoms with Gasteiger partial charge in [-0.2, -0.15) is 0 Å². The van der Waals surface area contributed by atoms with Crippen LogP contribution < -0.4 is 0 Å². The topological polar surface area (TPSA) is 20.2 Å². The quantitative estimate of drug-likeness (QED) is 0.897. The first-order valence-corrected chi connectivity index (χ1v) is 7.36. The maximum atomic E-state index is 10.2. The second-order valence-electron chi connectivity index (χ2n) is 4.49. The Bertz CT molecular complexity index is 535. The van der Waals surface area contributed by atoms with Crippen LogP contribution in [-0.2, 0) is 6.42 Å². The summed E-state index contributed by atoms with van der Waals surface area (Å²) >= 11 is 5.05. The second-order valence-corrected chi connectivity index (χ2v) is 6.99. The fraction of sp³-hybridized carbons (Fsp3) is 0.286. The lowest BCUT2D eigenvalue weighted by molar-refractivity contribution is 0.157. The Kier molecular flexibility index (Phi) is 3.07. The van der Waals surface area contributed by atoms with Crippen molar-refractivity contribution in [2.45, 2.75) is 24.9 Å². The molecule has 1 aromatic heterocycles. The second kappa shape index (κ2) is 4.56. The summed E-state index contributed by atoms with van der Waals surface area (Å²) < 4.78 is 1.08. The zero-order valence-corrected chi connectivity index (χ0v) is 11.7. The van der Waals surface area contributed by atoms with Crippen molar-refractivity contribution in [3.8, 4) is 0 Å². The summed E-state index contributed by atoms with van der Waals surface area (Å²) in [7, 11) is 0. The average Bonchev–Trinajstić information content (AvgIpc) is 2.73. The van der Waals surface area contributed by atoms with Crippen LogP contribution in [0.15, 0.2) is 40.2 Å². The molecular formula is C14H13BrOS. The fourth-order valence-corrected chi connectivity index (χ4v) is 3.89. The van der Waals surface area contributed by atoms with Gasteiger partial charge in [0.25, 0.3) is 0 Å².